The molecular weight excluding hydrogens is 220 g/mol. The number of ether oxygens (including phenoxy) is 2. The van der Waals surface area contributed by atoms with Crippen molar-refractivity contribution in [1.29, 1.82) is 0 Å². The summed E-state index contributed by atoms with van der Waals surface area (Å²) in [7, 11) is 0. The fourth-order valence-electron chi connectivity index (χ4n) is 1.54. The minimum absolute atomic E-state index is 0.120. The van der Waals surface area contributed by atoms with Gasteiger partial charge in [0.2, 0.25) is 0 Å². The third-order valence-corrected chi connectivity index (χ3v) is 2.42. The molecule has 4 heteroatoms. The van der Waals surface area contributed by atoms with Gasteiger partial charge in [-0.05, 0) is 0 Å². The fraction of sp³-hybridized carbons (Fsp3) is 0.385. The summed E-state index contributed by atoms with van der Waals surface area (Å²) in [4.78, 5) is 23.1. The number of terminal acetylenes is 2. The molecule has 0 atom stereocenters. The van der Waals surface area contributed by atoms with E-state index in [1.54, 1.807) is 13.8 Å². The summed E-state index contributed by atoms with van der Waals surface area (Å²) in [6.45, 7) is 3.22. The van der Waals surface area contributed by atoms with Crippen LogP contribution in [0.4, 0.5) is 0 Å². The summed E-state index contributed by atoms with van der Waals surface area (Å²) in [6.07, 6.45) is 9.94. The monoisotopic (exact) mass is 232 g/mol. The van der Waals surface area contributed by atoms with Gasteiger partial charge in [0.15, 0.2) is 13.2 Å². The molecule has 17 heavy (non-hydrogen) atoms. The van der Waals surface area contributed by atoms with Gasteiger partial charge in [-0.2, -0.15) is 0 Å². The van der Waals surface area contributed by atoms with Crippen molar-refractivity contribution >= 4 is 11.9 Å². The number of carbonyl (C=O) groups excluding carboxylic acids is 2. The molecule has 4 nitrogen and oxygen atoms in total. The Morgan fingerprint density at radius 2 is 1.41 bits per heavy atom. The van der Waals surface area contributed by atoms with Crippen molar-refractivity contribution in [2.45, 2.75) is 13.8 Å². The number of hydrogen-bond donors (Lipinski definition) is 0. The largest absolute Gasteiger partial charge is 0.449 e. The maximum Gasteiger partial charge on any atom is 0.336 e. The van der Waals surface area contributed by atoms with Crippen LogP contribution >= 0.6 is 0 Å². The first kappa shape index (κ1) is 12.9. The number of hydrogen-bond acceptors (Lipinski definition) is 4. The van der Waals surface area contributed by atoms with Gasteiger partial charge >= 0.3 is 11.9 Å². The molecule has 0 aromatic heterocycles. The highest BCUT2D eigenvalue weighted by molar-refractivity contribution is 6.11. The second-order valence-corrected chi connectivity index (χ2v) is 3.94. The molecule has 0 aromatic carbocycles. The molecule has 0 N–H and O–H groups in total. The van der Waals surface area contributed by atoms with E-state index in [1.165, 1.54) is 0 Å². The Morgan fingerprint density at radius 3 is 1.71 bits per heavy atom. The zero-order valence-corrected chi connectivity index (χ0v) is 9.70. The van der Waals surface area contributed by atoms with Crippen LogP contribution in [0.1, 0.15) is 13.8 Å². The molecule has 0 fully saturated rings. The van der Waals surface area contributed by atoms with Crippen LogP contribution in [0.25, 0.3) is 0 Å². The van der Waals surface area contributed by atoms with E-state index in [1.807, 2.05) is 0 Å². The number of esters is 2. The first-order chi connectivity index (χ1) is 7.96. The maximum atomic E-state index is 11.5. The normalized spacial score (nSPS) is 15.5. The van der Waals surface area contributed by atoms with Crippen molar-refractivity contribution in [3.8, 4) is 24.7 Å². The molecule has 0 spiro atoms. The van der Waals surface area contributed by atoms with Gasteiger partial charge < -0.3 is 9.47 Å². The molecule has 0 radical (unpaired) electrons. The van der Waals surface area contributed by atoms with Gasteiger partial charge in [-0.3, -0.25) is 0 Å². The molecule has 0 saturated carbocycles. The van der Waals surface area contributed by atoms with E-state index in [9.17, 15) is 9.59 Å². The van der Waals surface area contributed by atoms with E-state index in [2.05, 4.69) is 11.8 Å². The summed E-state index contributed by atoms with van der Waals surface area (Å²) < 4.78 is 9.51. The molecule has 1 aliphatic rings. The Morgan fingerprint density at radius 1 is 1.06 bits per heavy atom. The molecule has 88 valence electrons. The predicted molar refractivity (Wildman–Crippen MR) is 60.4 cm³/mol. The van der Waals surface area contributed by atoms with Crippen molar-refractivity contribution in [3.05, 3.63) is 11.1 Å². The zero-order chi connectivity index (χ0) is 13.1. The summed E-state index contributed by atoms with van der Waals surface area (Å²) in [6, 6.07) is 0. The van der Waals surface area contributed by atoms with Crippen LogP contribution in [0.2, 0.25) is 0 Å². The smallest absolute Gasteiger partial charge is 0.336 e. The molecular formula is C13H12O4. The van der Waals surface area contributed by atoms with E-state index in [-0.39, 0.29) is 13.2 Å². The molecule has 0 aliphatic heterocycles. The van der Waals surface area contributed by atoms with E-state index in [4.69, 9.17) is 22.3 Å². The molecule has 0 bridgehead atoms. The van der Waals surface area contributed by atoms with Crippen LogP contribution in [0.5, 0.6) is 0 Å². The van der Waals surface area contributed by atoms with Gasteiger partial charge in [-0.15, -0.1) is 12.8 Å². The van der Waals surface area contributed by atoms with E-state index < -0.39 is 17.4 Å². The van der Waals surface area contributed by atoms with Gasteiger partial charge in [0, 0.05) is 5.41 Å². The van der Waals surface area contributed by atoms with Crippen molar-refractivity contribution in [3.63, 3.8) is 0 Å². The van der Waals surface area contributed by atoms with Crippen molar-refractivity contribution in [2.75, 3.05) is 13.2 Å². The lowest BCUT2D eigenvalue weighted by molar-refractivity contribution is -0.139. The highest BCUT2D eigenvalue weighted by Crippen LogP contribution is 2.52. The van der Waals surface area contributed by atoms with Crippen LogP contribution in [0.3, 0.4) is 0 Å². The molecule has 1 rings (SSSR count). The minimum atomic E-state index is -0.628. The van der Waals surface area contributed by atoms with Crippen LogP contribution in [-0.4, -0.2) is 25.2 Å². The van der Waals surface area contributed by atoms with Crippen LogP contribution in [0.15, 0.2) is 11.1 Å². The van der Waals surface area contributed by atoms with Gasteiger partial charge in [0.05, 0.1) is 11.1 Å². The van der Waals surface area contributed by atoms with Gasteiger partial charge in [-0.25, -0.2) is 9.59 Å². The first-order valence-corrected chi connectivity index (χ1v) is 4.93. The third-order valence-electron chi connectivity index (χ3n) is 2.42. The Labute approximate surface area is 100.0 Å². The molecule has 0 amide bonds. The lowest BCUT2D eigenvalue weighted by Gasteiger charge is -2.04. The fourth-order valence-corrected chi connectivity index (χ4v) is 1.54. The number of carbonyl (C=O) groups is 2. The SMILES string of the molecule is C#CCOC(=O)C1=C(C(=O)OCC#C)C1(C)C. The van der Waals surface area contributed by atoms with Crippen LogP contribution < -0.4 is 0 Å². The Hall–Kier alpha value is -2.20. The zero-order valence-electron chi connectivity index (χ0n) is 9.70. The van der Waals surface area contributed by atoms with Crippen LogP contribution in [-0.2, 0) is 19.1 Å². The van der Waals surface area contributed by atoms with Gasteiger partial charge in [0.1, 0.15) is 0 Å². The topological polar surface area (TPSA) is 52.6 Å². The first-order valence-electron chi connectivity index (χ1n) is 4.93. The Kier molecular flexibility index (Phi) is 3.60. The lowest BCUT2D eigenvalue weighted by Crippen LogP contribution is -2.09. The van der Waals surface area contributed by atoms with Gasteiger partial charge in [0.25, 0.3) is 0 Å². The summed E-state index contributed by atoms with van der Waals surface area (Å²) in [5.74, 6) is 3.19. The summed E-state index contributed by atoms with van der Waals surface area (Å²) >= 11 is 0. The predicted octanol–water partition coefficient (Wildman–Crippen LogP) is 0.676. The van der Waals surface area contributed by atoms with Gasteiger partial charge in [-0.1, -0.05) is 25.7 Å². The average molecular weight is 232 g/mol. The van der Waals surface area contributed by atoms with E-state index in [0.29, 0.717) is 11.1 Å². The molecule has 0 saturated heterocycles. The quantitative estimate of drug-likeness (QED) is 0.528. The average Bonchev–Trinajstić information content (AvgIpc) is 2.86. The second-order valence-electron chi connectivity index (χ2n) is 3.94. The van der Waals surface area contributed by atoms with Crippen molar-refractivity contribution < 1.29 is 19.1 Å². The molecule has 1 aliphatic carbocycles. The lowest BCUT2D eigenvalue weighted by atomic mass is 10.0. The molecule has 0 aromatic rings. The third kappa shape index (κ3) is 2.49. The van der Waals surface area contributed by atoms with E-state index >= 15 is 0 Å². The summed E-state index contributed by atoms with van der Waals surface area (Å²) in [5.41, 5.74) is -0.0262. The Bertz CT molecular complexity index is 427. The Balaban J connectivity index is 2.74. The second kappa shape index (κ2) is 4.76. The number of rotatable bonds is 4. The highest BCUT2D eigenvalue weighted by atomic mass is 16.5. The molecule has 0 unspecified atom stereocenters. The molecule has 0 heterocycles. The summed E-state index contributed by atoms with van der Waals surface area (Å²) in [5, 5.41) is 0. The standard InChI is InChI=1S/C13H12O4/c1-5-7-16-11(14)9-10(13(9,3)4)12(15)17-8-6-2/h1-2H,7-8H2,3-4H3. The highest BCUT2D eigenvalue weighted by Gasteiger charge is 2.54. The van der Waals surface area contributed by atoms with Crippen molar-refractivity contribution in [1.82, 2.24) is 0 Å². The van der Waals surface area contributed by atoms with Crippen LogP contribution in [0, 0.1) is 30.1 Å². The minimum Gasteiger partial charge on any atom is -0.449 e. The maximum absolute atomic E-state index is 11.5. The van der Waals surface area contributed by atoms with E-state index in [0.717, 1.165) is 0 Å². The van der Waals surface area contributed by atoms with Crippen molar-refractivity contribution in [2.24, 2.45) is 5.41 Å².